The third-order valence-electron chi connectivity index (χ3n) is 8.30. The van der Waals surface area contributed by atoms with Gasteiger partial charge in [-0.15, -0.1) is 0 Å². The molecule has 0 saturated carbocycles. The van der Waals surface area contributed by atoms with Crippen LogP contribution < -0.4 is 0 Å². The molecule has 2 amide bonds. The third kappa shape index (κ3) is 9.48. The number of hydrogen-bond donors (Lipinski definition) is 1. The van der Waals surface area contributed by atoms with E-state index < -0.39 is 65.4 Å². The number of imidazole rings is 1. The Morgan fingerprint density at radius 2 is 1.78 bits per heavy atom. The standard InChI is InChI=1S/C36H44F3N5O5/c1-23(45)48-22-31(46)44(19-25-18-43(20-29(25)39)34(47)49-35(2,3)4)32(36(5,6)14-15-40)33-41-30(27-16-26(37)12-13-28(27)38)21-42(33)17-24-10-8-7-9-11-24/h7-13,15-16,21,25,29,32,40H,14,17-20,22H2,1-6H3. The van der Waals surface area contributed by atoms with Gasteiger partial charge in [-0.2, -0.15) is 0 Å². The molecule has 1 N–H and O–H groups in total. The quantitative estimate of drug-likeness (QED) is 0.170. The minimum absolute atomic E-state index is 0.0522. The summed E-state index contributed by atoms with van der Waals surface area (Å²) in [6, 6.07) is 11.4. The van der Waals surface area contributed by atoms with Crippen molar-refractivity contribution in [3.8, 4) is 11.3 Å². The molecule has 49 heavy (non-hydrogen) atoms. The lowest BCUT2D eigenvalue weighted by molar-refractivity contribution is -0.153. The summed E-state index contributed by atoms with van der Waals surface area (Å²) in [5, 5.41) is 7.99. The average Bonchev–Trinajstić information content (AvgIpc) is 3.59. The summed E-state index contributed by atoms with van der Waals surface area (Å²) in [6.07, 6.45) is 0.697. The SMILES string of the molecule is CC(=O)OCC(=O)N(CC1CN(C(=O)OC(C)(C)C)CC1F)C(c1nc(-c2cc(F)ccc2F)cn1Cc1ccccc1)C(C)(C)CC=N. The molecule has 0 radical (unpaired) electrons. The van der Waals surface area contributed by atoms with Crippen LogP contribution in [-0.4, -0.2) is 81.5 Å². The van der Waals surface area contributed by atoms with E-state index in [2.05, 4.69) is 0 Å². The number of likely N-dealkylation sites (tertiary alicyclic amines) is 1. The highest BCUT2D eigenvalue weighted by Gasteiger charge is 2.45. The number of ether oxygens (including phenoxy) is 2. The van der Waals surface area contributed by atoms with Crippen LogP contribution in [0, 0.1) is 28.4 Å². The van der Waals surface area contributed by atoms with E-state index in [9.17, 15) is 18.8 Å². The normalized spacial score (nSPS) is 17.0. The molecule has 3 unspecified atom stereocenters. The lowest BCUT2D eigenvalue weighted by Crippen LogP contribution is -2.48. The molecule has 0 bridgehead atoms. The highest BCUT2D eigenvalue weighted by atomic mass is 19.1. The topological polar surface area (TPSA) is 118 Å². The predicted molar refractivity (Wildman–Crippen MR) is 178 cm³/mol. The summed E-state index contributed by atoms with van der Waals surface area (Å²) < 4.78 is 57.5. The minimum atomic E-state index is -1.52. The molecule has 3 atom stereocenters. The van der Waals surface area contributed by atoms with E-state index >= 15 is 8.78 Å². The van der Waals surface area contributed by atoms with E-state index in [-0.39, 0.29) is 49.7 Å². The fraction of sp³-hybridized carbons (Fsp3) is 0.472. The van der Waals surface area contributed by atoms with Crippen molar-refractivity contribution in [3.63, 3.8) is 0 Å². The molecule has 1 saturated heterocycles. The molecule has 3 aromatic rings. The van der Waals surface area contributed by atoms with E-state index in [1.165, 1.54) is 16.0 Å². The van der Waals surface area contributed by atoms with Crippen molar-refractivity contribution in [1.29, 1.82) is 5.41 Å². The average molecular weight is 684 g/mol. The Morgan fingerprint density at radius 3 is 2.41 bits per heavy atom. The number of benzene rings is 2. The number of halogens is 3. The minimum Gasteiger partial charge on any atom is -0.456 e. The number of amides is 2. The van der Waals surface area contributed by atoms with Gasteiger partial charge in [0.05, 0.1) is 18.3 Å². The number of rotatable bonds is 12. The van der Waals surface area contributed by atoms with Gasteiger partial charge >= 0.3 is 12.1 Å². The summed E-state index contributed by atoms with van der Waals surface area (Å²) in [5.74, 6) is -3.32. The molecule has 1 aliphatic heterocycles. The maximum Gasteiger partial charge on any atom is 0.410 e. The van der Waals surface area contributed by atoms with E-state index in [0.29, 0.717) is 0 Å². The highest BCUT2D eigenvalue weighted by Crippen LogP contribution is 2.43. The van der Waals surface area contributed by atoms with Crippen LogP contribution in [0.5, 0.6) is 0 Å². The van der Waals surface area contributed by atoms with Gasteiger partial charge in [-0.25, -0.2) is 22.9 Å². The van der Waals surface area contributed by atoms with Crippen LogP contribution >= 0.6 is 0 Å². The van der Waals surface area contributed by atoms with Crippen molar-refractivity contribution in [2.24, 2.45) is 11.3 Å². The molecule has 0 spiro atoms. The first-order valence-corrected chi connectivity index (χ1v) is 16.1. The molecule has 264 valence electrons. The summed E-state index contributed by atoms with van der Waals surface area (Å²) >= 11 is 0. The Bertz CT molecular complexity index is 1660. The summed E-state index contributed by atoms with van der Waals surface area (Å²) in [5.41, 5.74) is -0.890. The van der Waals surface area contributed by atoms with Crippen molar-refractivity contribution >= 4 is 24.2 Å². The van der Waals surface area contributed by atoms with Gasteiger partial charge in [-0.3, -0.25) is 9.59 Å². The van der Waals surface area contributed by atoms with Gasteiger partial charge in [0.25, 0.3) is 5.91 Å². The Kier molecular flexibility index (Phi) is 11.6. The van der Waals surface area contributed by atoms with Crippen molar-refractivity contribution in [2.75, 3.05) is 26.2 Å². The van der Waals surface area contributed by atoms with Crippen LogP contribution in [0.4, 0.5) is 18.0 Å². The molecule has 2 heterocycles. The van der Waals surface area contributed by atoms with Crippen LogP contribution in [-0.2, 0) is 25.6 Å². The van der Waals surface area contributed by atoms with Gasteiger partial charge in [-0.05, 0) is 62.6 Å². The van der Waals surface area contributed by atoms with Crippen molar-refractivity contribution in [1.82, 2.24) is 19.4 Å². The van der Waals surface area contributed by atoms with Gasteiger partial charge in [0, 0.05) is 44.2 Å². The Hall–Kier alpha value is -4.68. The molecular weight excluding hydrogens is 639 g/mol. The smallest absolute Gasteiger partial charge is 0.410 e. The van der Waals surface area contributed by atoms with Crippen LogP contribution in [0.25, 0.3) is 11.3 Å². The molecule has 0 aliphatic carbocycles. The van der Waals surface area contributed by atoms with Gasteiger partial charge in [0.2, 0.25) is 0 Å². The van der Waals surface area contributed by atoms with Crippen molar-refractivity contribution < 1.29 is 37.0 Å². The van der Waals surface area contributed by atoms with Gasteiger partial charge < -0.3 is 29.2 Å². The zero-order valence-corrected chi connectivity index (χ0v) is 28.7. The Morgan fingerprint density at radius 1 is 1.08 bits per heavy atom. The largest absolute Gasteiger partial charge is 0.456 e. The fourth-order valence-corrected chi connectivity index (χ4v) is 5.99. The van der Waals surface area contributed by atoms with Gasteiger partial charge in [-0.1, -0.05) is 44.2 Å². The number of nitrogens with one attached hydrogen (secondary N) is 1. The molecular formula is C36H44F3N5O5. The number of esters is 1. The van der Waals surface area contributed by atoms with E-state index in [0.717, 1.165) is 30.7 Å². The number of alkyl halides is 1. The second-order valence-corrected chi connectivity index (χ2v) is 14.0. The maximum atomic E-state index is 15.7. The van der Waals surface area contributed by atoms with Crippen molar-refractivity contribution in [2.45, 2.75) is 72.3 Å². The zero-order valence-electron chi connectivity index (χ0n) is 28.7. The van der Waals surface area contributed by atoms with E-state index in [1.54, 1.807) is 31.5 Å². The van der Waals surface area contributed by atoms with E-state index in [4.69, 9.17) is 19.9 Å². The monoisotopic (exact) mass is 683 g/mol. The summed E-state index contributed by atoms with van der Waals surface area (Å²) in [4.78, 5) is 46.2. The molecule has 13 heteroatoms. The van der Waals surface area contributed by atoms with E-state index in [1.807, 2.05) is 44.2 Å². The first-order valence-electron chi connectivity index (χ1n) is 16.1. The Labute approximate surface area is 284 Å². The number of hydrogen-bond acceptors (Lipinski definition) is 7. The number of carbonyl (C=O) groups is 3. The molecule has 10 nitrogen and oxygen atoms in total. The van der Waals surface area contributed by atoms with Gasteiger partial charge in [0.15, 0.2) is 6.61 Å². The lowest BCUT2D eigenvalue weighted by Gasteiger charge is -2.42. The van der Waals surface area contributed by atoms with Crippen LogP contribution in [0.15, 0.2) is 54.7 Å². The summed E-state index contributed by atoms with van der Waals surface area (Å²) in [7, 11) is 0. The van der Waals surface area contributed by atoms with Crippen LogP contribution in [0.1, 0.15) is 65.4 Å². The predicted octanol–water partition coefficient (Wildman–Crippen LogP) is 6.58. The van der Waals surface area contributed by atoms with Crippen molar-refractivity contribution in [3.05, 3.63) is 77.8 Å². The highest BCUT2D eigenvalue weighted by molar-refractivity contribution is 5.81. The maximum absolute atomic E-state index is 15.7. The number of nitrogens with zero attached hydrogens (tertiary/aromatic N) is 4. The van der Waals surface area contributed by atoms with Crippen LogP contribution in [0.2, 0.25) is 0 Å². The Balaban J connectivity index is 1.86. The first kappa shape index (κ1) is 37.1. The molecule has 1 aliphatic rings. The first-order chi connectivity index (χ1) is 23.0. The molecule has 2 aromatic carbocycles. The number of aromatic nitrogens is 2. The zero-order chi connectivity index (χ0) is 36.1. The fourth-order valence-electron chi connectivity index (χ4n) is 5.99. The molecule has 1 aromatic heterocycles. The lowest BCUT2D eigenvalue weighted by atomic mass is 9.79. The van der Waals surface area contributed by atoms with Crippen LogP contribution in [0.3, 0.4) is 0 Å². The third-order valence-corrected chi connectivity index (χ3v) is 8.30. The second kappa shape index (κ2) is 15.3. The molecule has 1 fully saturated rings. The number of carbonyl (C=O) groups excluding carboxylic acids is 3. The second-order valence-electron chi connectivity index (χ2n) is 14.0. The summed E-state index contributed by atoms with van der Waals surface area (Å²) in [6.45, 7) is 8.97. The molecule has 4 rings (SSSR count). The van der Waals surface area contributed by atoms with Gasteiger partial charge in [0.1, 0.15) is 29.2 Å².